The van der Waals surface area contributed by atoms with Crippen molar-refractivity contribution in [2.24, 2.45) is 0 Å². The highest BCUT2D eigenvalue weighted by Gasteiger charge is 2.32. The van der Waals surface area contributed by atoms with Crippen molar-refractivity contribution in [2.45, 2.75) is 31.6 Å². The Hall–Kier alpha value is -3.64. The summed E-state index contributed by atoms with van der Waals surface area (Å²) in [5.41, 5.74) is 7.02. The maximum atomic E-state index is 11.6. The maximum absolute atomic E-state index is 11.6. The van der Waals surface area contributed by atoms with Gasteiger partial charge in [-0.3, -0.25) is 0 Å². The zero-order valence-electron chi connectivity index (χ0n) is 18.6. The van der Waals surface area contributed by atoms with Crippen LogP contribution in [0.4, 0.5) is 11.5 Å². The van der Waals surface area contributed by atoms with Gasteiger partial charge in [-0.15, -0.1) is 0 Å². The van der Waals surface area contributed by atoms with Gasteiger partial charge in [0.1, 0.15) is 0 Å². The number of fused-ring (bicyclic) bond motifs is 3. The van der Waals surface area contributed by atoms with E-state index < -0.39 is 5.97 Å². The Bertz CT molecular complexity index is 1480. The molecule has 34 heavy (non-hydrogen) atoms. The van der Waals surface area contributed by atoms with E-state index in [4.69, 9.17) is 21.6 Å². The van der Waals surface area contributed by atoms with Gasteiger partial charge in [-0.05, 0) is 78.4 Å². The van der Waals surface area contributed by atoms with Gasteiger partial charge in [0.05, 0.1) is 22.3 Å². The standard InChI is InChI=1S/C27H23ClN4O2/c1-15-19-10-11-29-21(19)8-6-20(15)25-26(31-23-14-17(27(33)34)4-7-22(23)30-25)32-12-2-3-16-13-18(28)5-9-24(16)32/h4-11,13-15,20,29H,2-3,12H2,1H3,(H,33,34). The number of anilines is 2. The Morgan fingerprint density at radius 2 is 2.03 bits per heavy atom. The Labute approximate surface area is 201 Å². The van der Waals surface area contributed by atoms with E-state index in [1.54, 1.807) is 18.2 Å². The number of aryl methyl sites for hydroxylation is 1. The van der Waals surface area contributed by atoms with Crippen molar-refractivity contribution in [3.8, 4) is 0 Å². The lowest BCUT2D eigenvalue weighted by atomic mass is 9.81. The number of carboxylic acid groups (broad SMARTS) is 1. The number of aromatic nitrogens is 3. The van der Waals surface area contributed by atoms with Crippen LogP contribution in [0.2, 0.25) is 5.02 Å². The molecule has 2 N–H and O–H groups in total. The first-order valence-electron chi connectivity index (χ1n) is 11.5. The first-order chi connectivity index (χ1) is 16.5. The SMILES string of the molecule is CC1c2cc[nH]c2C=CC1c1nc2ccc(C(=O)O)cc2nc1N1CCCc2cc(Cl)ccc21. The first-order valence-corrected chi connectivity index (χ1v) is 11.8. The topological polar surface area (TPSA) is 82.1 Å². The molecule has 2 unspecified atom stereocenters. The van der Waals surface area contributed by atoms with Crippen molar-refractivity contribution in [3.05, 3.63) is 87.8 Å². The van der Waals surface area contributed by atoms with E-state index in [1.165, 1.54) is 11.1 Å². The highest BCUT2D eigenvalue weighted by atomic mass is 35.5. The Morgan fingerprint density at radius 1 is 1.15 bits per heavy atom. The summed E-state index contributed by atoms with van der Waals surface area (Å²) >= 11 is 6.29. The number of carboxylic acids is 1. The third-order valence-electron chi connectivity index (χ3n) is 6.96. The molecule has 0 spiro atoms. The van der Waals surface area contributed by atoms with E-state index in [9.17, 15) is 9.90 Å². The number of allylic oxidation sites excluding steroid dienone is 1. The van der Waals surface area contributed by atoms with E-state index in [0.29, 0.717) is 11.0 Å². The molecule has 6 rings (SSSR count). The Balaban J connectivity index is 1.57. The molecule has 1 aliphatic carbocycles. The molecule has 0 bridgehead atoms. The predicted molar refractivity (Wildman–Crippen MR) is 134 cm³/mol. The highest BCUT2D eigenvalue weighted by Crippen LogP contribution is 2.44. The molecule has 7 heteroatoms. The van der Waals surface area contributed by atoms with Gasteiger partial charge in [-0.2, -0.15) is 0 Å². The van der Waals surface area contributed by atoms with Crippen LogP contribution in [0.3, 0.4) is 0 Å². The Morgan fingerprint density at radius 3 is 2.88 bits per heavy atom. The molecule has 2 aromatic heterocycles. The van der Waals surface area contributed by atoms with Crippen LogP contribution in [0.5, 0.6) is 0 Å². The number of aromatic amines is 1. The number of rotatable bonds is 3. The summed E-state index contributed by atoms with van der Waals surface area (Å²) in [6.07, 6.45) is 8.21. The first kappa shape index (κ1) is 20.9. The monoisotopic (exact) mass is 470 g/mol. The van der Waals surface area contributed by atoms with Gasteiger partial charge in [-0.1, -0.05) is 24.6 Å². The number of halogens is 1. The van der Waals surface area contributed by atoms with Gasteiger partial charge in [0.15, 0.2) is 5.82 Å². The third-order valence-corrected chi connectivity index (χ3v) is 7.20. The second-order valence-electron chi connectivity index (χ2n) is 8.99. The zero-order chi connectivity index (χ0) is 23.4. The smallest absolute Gasteiger partial charge is 0.335 e. The van der Waals surface area contributed by atoms with Crippen LogP contribution in [0, 0.1) is 0 Å². The molecule has 1 aliphatic heterocycles. The van der Waals surface area contributed by atoms with Crippen molar-refractivity contribution in [3.63, 3.8) is 0 Å². The molecular formula is C27H23ClN4O2. The molecule has 6 nitrogen and oxygen atoms in total. The van der Waals surface area contributed by atoms with E-state index in [0.717, 1.165) is 47.3 Å². The molecule has 0 radical (unpaired) electrons. The van der Waals surface area contributed by atoms with E-state index in [-0.39, 0.29) is 17.4 Å². The third kappa shape index (κ3) is 3.37. The van der Waals surface area contributed by atoms with Crippen molar-refractivity contribution in [1.29, 1.82) is 0 Å². The second-order valence-corrected chi connectivity index (χ2v) is 9.43. The number of hydrogen-bond donors (Lipinski definition) is 2. The van der Waals surface area contributed by atoms with Crippen LogP contribution >= 0.6 is 11.6 Å². The fourth-order valence-electron chi connectivity index (χ4n) is 5.22. The van der Waals surface area contributed by atoms with Gasteiger partial charge < -0.3 is 15.0 Å². The van der Waals surface area contributed by atoms with Crippen molar-refractivity contribution < 1.29 is 9.90 Å². The predicted octanol–water partition coefficient (Wildman–Crippen LogP) is 6.31. The van der Waals surface area contributed by atoms with Crippen LogP contribution in [-0.2, 0) is 6.42 Å². The van der Waals surface area contributed by atoms with Crippen LogP contribution in [0.15, 0.2) is 54.7 Å². The van der Waals surface area contributed by atoms with Gasteiger partial charge in [0.25, 0.3) is 0 Å². The van der Waals surface area contributed by atoms with Crippen LogP contribution in [-0.4, -0.2) is 32.6 Å². The van der Waals surface area contributed by atoms with Gasteiger partial charge in [0.2, 0.25) is 0 Å². The summed E-state index contributed by atoms with van der Waals surface area (Å²) in [5.74, 6) is 0.0476. The zero-order valence-corrected chi connectivity index (χ0v) is 19.4. The average Bonchev–Trinajstić information content (AvgIpc) is 3.32. The normalized spacial score (nSPS) is 19.2. The summed E-state index contributed by atoms with van der Waals surface area (Å²) in [7, 11) is 0. The minimum atomic E-state index is -0.976. The van der Waals surface area contributed by atoms with Crippen LogP contribution in [0.1, 0.15) is 58.1 Å². The van der Waals surface area contributed by atoms with Gasteiger partial charge >= 0.3 is 5.97 Å². The second kappa shape index (κ2) is 7.99. The van der Waals surface area contributed by atoms with E-state index >= 15 is 0 Å². The molecule has 2 aliphatic rings. The van der Waals surface area contributed by atoms with Gasteiger partial charge in [0, 0.05) is 35.1 Å². The summed E-state index contributed by atoms with van der Waals surface area (Å²) in [6, 6.07) is 13.1. The highest BCUT2D eigenvalue weighted by molar-refractivity contribution is 6.30. The average molecular weight is 471 g/mol. The summed E-state index contributed by atoms with van der Waals surface area (Å²) in [4.78, 5) is 27.2. The molecule has 2 atom stereocenters. The minimum Gasteiger partial charge on any atom is -0.478 e. The van der Waals surface area contributed by atoms with Crippen molar-refractivity contribution in [1.82, 2.24) is 15.0 Å². The van der Waals surface area contributed by atoms with Crippen LogP contribution < -0.4 is 4.90 Å². The van der Waals surface area contributed by atoms with Crippen molar-refractivity contribution in [2.75, 3.05) is 11.4 Å². The molecule has 0 fully saturated rings. The fraction of sp³-hybridized carbons (Fsp3) is 0.222. The number of benzene rings is 2. The molecule has 2 aromatic carbocycles. The van der Waals surface area contributed by atoms with Gasteiger partial charge in [-0.25, -0.2) is 14.8 Å². The van der Waals surface area contributed by atoms with Crippen molar-refractivity contribution >= 4 is 46.2 Å². The summed E-state index contributed by atoms with van der Waals surface area (Å²) in [6.45, 7) is 3.02. The molecule has 3 heterocycles. The molecular weight excluding hydrogens is 448 g/mol. The molecule has 4 aromatic rings. The molecule has 0 saturated heterocycles. The molecule has 0 amide bonds. The Kier molecular flexibility index (Phi) is 4.92. The number of nitrogens with zero attached hydrogens (tertiary/aromatic N) is 3. The van der Waals surface area contributed by atoms with Crippen LogP contribution in [0.25, 0.3) is 17.1 Å². The lowest BCUT2D eigenvalue weighted by Crippen LogP contribution is -2.28. The largest absolute Gasteiger partial charge is 0.478 e. The van der Waals surface area contributed by atoms with E-state index in [2.05, 4.69) is 35.0 Å². The molecule has 170 valence electrons. The maximum Gasteiger partial charge on any atom is 0.335 e. The number of carbonyl (C=O) groups is 1. The number of aromatic carboxylic acids is 1. The minimum absolute atomic E-state index is 0.0343. The lowest BCUT2D eigenvalue weighted by Gasteiger charge is -2.34. The van der Waals surface area contributed by atoms with E-state index in [1.807, 2.05) is 24.4 Å². The number of nitrogens with one attached hydrogen (secondary N) is 1. The lowest BCUT2D eigenvalue weighted by molar-refractivity contribution is 0.0697. The number of H-pyrrole nitrogens is 1. The summed E-state index contributed by atoms with van der Waals surface area (Å²) < 4.78 is 0. The quantitative estimate of drug-likeness (QED) is 0.366. The molecule has 0 saturated carbocycles. The fourth-order valence-corrected chi connectivity index (χ4v) is 5.42. The number of hydrogen-bond acceptors (Lipinski definition) is 4. The summed E-state index contributed by atoms with van der Waals surface area (Å²) in [5, 5.41) is 10.2.